The van der Waals surface area contributed by atoms with Crippen molar-refractivity contribution in [2.75, 3.05) is 13.6 Å². The van der Waals surface area contributed by atoms with Crippen molar-refractivity contribution >= 4 is 0 Å². The number of nitrogens with zero attached hydrogens (tertiary/aromatic N) is 1. The minimum absolute atomic E-state index is 0.0884. The molecule has 0 spiro atoms. The van der Waals surface area contributed by atoms with Crippen LogP contribution in [0, 0.1) is 11.7 Å². The zero-order chi connectivity index (χ0) is 12.2. The molecule has 3 rings (SSSR count). The van der Waals surface area contributed by atoms with Gasteiger partial charge >= 0.3 is 0 Å². The molecular formula is C15H20FN. The molecule has 1 heterocycles. The van der Waals surface area contributed by atoms with Gasteiger partial charge in [-0.25, -0.2) is 4.39 Å². The average Bonchev–Trinajstić information content (AvgIpc) is 2.30. The normalized spacial score (nSPS) is 36.7. The Morgan fingerprint density at radius 2 is 2.18 bits per heavy atom. The van der Waals surface area contributed by atoms with Gasteiger partial charge in [-0.2, -0.15) is 0 Å². The van der Waals surface area contributed by atoms with Crippen LogP contribution in [0.5, 0.6) is 0 Å². The van der Waals surface area contributed by atoms with Gasteiger partial charge in [-0.1, -0.05) is 19.9 Å². The predicted molar refractivity (Wildman–Crippen MR) is 67.7 cm³/mol. The molecule has 0 radical (unpaired) electrons. The Kier molecular flexibility index (Phi) is 2.34. The number of rotatable bonds is 0. The molecule has 1 aromatic carbocycles. The van der Waals surface area contributed by atoms with E-state index in [4.69, 9.17) is 0 Å². The van der Waals surface area contributed by atoms with Crippen molar-refractivity contribution in [2.24, 2.45) is 5.92 Å². The van der Waals surface area contributed by atoms with Crippen LogP contribution in [0.4, 0.5) is 4.39 Å². The number of likely N-dealkylation sites (N-methyl/N-ethyl adjacent to an activating group) is 1. The summed E-state index contributed by atoms with van der Waals surface area (Å²) in [5.41, 5.74) is 2.77. The van der Waals surface area contributed by atoms with E-state index in [1.54, 1.807) is 12.1 Å². The summed E-state index contributed by atoms with van der Waals surface area (Å²) in [5, 5.41) is 0. The van der Waals surface area contributed by atoms with E-state index in [2.05, 4.69) is 25.8 Å². The van der Waals surface area contributed by atoms with Crippen LogP contribution >= 0.6 is 0 Å². The van der Waals surface area contributed by atoms with E-state index in [1.165, 1.54) is 11.1 Å². The molecule has 17 heavy (non-hydrogen) atoms. The Bertz CT molecular complexity index is 456. The smallest absolute Gasteiger partial charge is 0.123 e. The first kappa shape index (κ1) is 11.2. The summed E-state index contributed by atoms with van der Waals surface area (Å²) in [6.07, 6.45) is 2.21. The average molecular weight is 233 g/mol. The van der Waals surface area contributed by atoms with Gasteiger partial charge < -0.3 is 4.90 Å². The summed E-state index contributed by atoms with van der Waals surface area (Å²) in [6.45, 7) is 5.77. The van der Waals surface area contributed by atoms with Crippen molar-refractivity contribution in [3.8, 4) is 0 Å². The molecule has 3 atom stereocenters. The van der Waals surface area contributed by atoms with E-state index in [1.807, 2.05) is 6.07 Å². The molecule has 92 valence electrons. The molecule has 2 heteroatoms. The number of hydrogen-bond donors (Lipinski definition) is 0. The Labute approximate surface area is 103 Å². The molecule has 2 bridgehead atoms. The lowest BCUT2D eigenvalue weighted by atomic mass is 9.59. The van der Waals surface area contributed by atoms with Gasteiger partial charge in [0.1, 0.15) is 5.82 Å². The number of hydrogen-bond acceptors (Lipinski definition) is 1. The fraction of sp³-hybridized carbons (Fsp3) is 0.600. The van der Waals surface area contributed by atoms with E-state index >= 15 is 0 Å². The van der Waals surface area contributed by atoms with Crippen LogP contribution in [0.3, 0.4) is 0 Å². The number of fused-ring (bicyclic) bond motifs is 4. The molecule has 1 unspecified atom stereocenters. The summed E-state index contributed by atoms with van der Waals surface area (Å²) in [7, 11) is 2.22. The Hall–Kier alpha value is -0.890. The van der Waals surface area contributed by atoms with Gasteiger partial charge in [-0.05, 0) is 61.0 Å². The molecule has 2 aliphatic rings. The molecular weight excluding hydrogens is 213 g/mol. The highest BCUT2D eigenvalue weighted by Gasteiger charge is 2.47. The van der Waals surface area contributed by atoms with Crippen LogP contribution in [0.15, 0.2) is 18.2 Å². The second kappa shape index (κ2) is 3.55. The highest BCUT2D eigenvalue weighted by Crippen LogP contribution is 2.48. The van der Waals surface area contributed by atoms with Gasteiger partial charge in [0.25, 0.3) is 0 Å². The van der Waals surface area contributed by atoms with Gasteiger partial charge in [0.15, 0.2) is 0 Å². The van der Waals surface area contributed by atoms with Gasteiger partial charge in [0.05, 0.1) is 0 Å². The fourth-order valence-electron chi connectivity index (χ4n) is 3.80. The SMILES string of the molecule is C[C@H]1C2Cc3ccc(F)cc3[C@@]1(C)CCN2C. The minimum Gasteiger partial charge on any atom is -0.303 e. The van der Waals surface area contributed by atoms with E-state index in [-0.39, 0.29) is 11.2 Å². The van der Waals surface area contributed by atoms with Crippen LogP contribution in [-0.2, 0) is 11.8 Å². The van der Waals surface area contributed by atoms with Gasteiger partial charge in [-0.3, -0.25) is 0 Å². The number of piperidine rings is 1. The second-order valence-corrected chi connectivity index (χ2v) is 6.01. The third-order valence-electron chi connectivity index (χ3n) is 5.25. The predicted octanol–water partition coefficient (Wildman–Crippen LogP) is 2.98. The maximum absolute atomic E-state index is 13.5. The van der Waals surface area contributed by atoms with Gasteiger partial charge in [0.2, 0.25) is 0 Å². The Morgan fingerprint density at radius 1 is 1.41 bits per heavy atom. The summed E-state index contributed by atoms with van der Waals surface area (Å²) < 4.78 is 13.5. The fourth-order valence-corrected chi connectivity index (χ4v) is 3.80. The zero-order valence-corrected chi connectivity index (χ0v) is 10.8. The Balaban J connectivity index is 2.16. The summed E-state index contributed by atoms with van der Waals surface area (Å²) in [6, 6.07) is 5.98. The molecule has 1 saturated heterocycles. The van der Waals surface area contributed by atoms with Crippen LogP contribution in [0.25, 0.3) is 0 Å². The number of benzene rings is 1. The minimum atomic E-state index is -0.0884. The molecule has 1 aromatic rings. The zero-order valence-electron chi connectivity index (χ0n) is 10.8. The van der Waals surface area contributed by atoms with Crippen molar-refractivity contribution in [1.29, 1.82) is 0 Å². The third kappa shape index (κ3) is 1.46. The Morgan fingerprint density at radius 3 is 2.94 bits per heavy atom. The molecule has 1 fully saturated rings. The first-order valence-corrected chi connectivity index (χ1v) is 6.51. The summed E-state index contributed by atoms with van der Waals surface area (Å²) >= 11 is 0. The first-order chi connectivity index (χ1) is 8.02. The summed E-state index contributed by atoms with van der Waals surface area (Å²) in [4.78, 5) is 2.47. The quantitative estimate of drug-likeness (QED) is 0.666. The maximum Gasteiger partial charge on any atom is 0.123 e. The lowest BCUT2D eigenvalue weighted by molar-refractivity contribution is 0.0505. The summed E-state index contributed by atoms with van der Waals surface area (Å²) in [5.74, 6) is 0.519. The van der Waals surface area contributed by atoms with E-state index in [0.717, 1.165) is 19.4 Å². The van der Waals surface area contributed by atoms with Gasteiger partial charge in [0, 0.05) is 6.04 Å². The lowest BCUT2D eigenvalue weighted by Gasteiger charge is -2.53. The number of halogens is 1. The van der Waals surface area contributed by atoms with Crippen molar-refractivity contribution in [3.63, 3.8) is 0 Å². The van der Waals surface area contributed by atoms with Crippen molar-refractivity contribution in [2.45, 2.75) is 38.1 Å². The van der Waals surface area contributed by atoms with Crippen molar-refractivity contribution in [1.82, 2.24) is 4.90 Å². The van der Waals surface area contributed by atoms with Crippen LogP contribution in [0.2, 0.25) is 0 Å². The molecule has 1 aliphatic carbocycles. The van der Waals surface area contributed by atoms with Gasteiger partial charge in [-0.15, -0.1) is 0 Å². The highest BCUT2D eigenvalue weighted by atomic mass is 19.1. The standard InChI is InChI=1S/C15H20FN/c1-10-14-8-11-4-5-12(16)9-13(11)15(10,2)6-7-17(14)3/h4-5,9-10,14H,6-8H2,1-3H3/t10-,14?,15-/m0/s1. The second-order valence-electron chi connectivity index (χ2n) is 6.01. The molecule has 1 aliphatic heterocycles. The third-order valence-corrected chi connectivity index (χ3v) is 5.25. The monoisotopic (exact) mass is 233 g/mol. The molecule has 0 N–H and O–H groups in total. The molecule has 0 saturated carbocycles. The van der Waals surface area contributed by atoms with Crippen LogP contribution in [0.1, 0.15) is 31.4 Å². The van der Waals surface area contributed by atoms with Crippen molar-refractivity contribution in [3.05, 3.63) is 35.1 Å². The van der Waals surface area contributed by atoms with E-state index < -0.39 is 0 Å². The molecule has 0 amide bonds. The highest BCUT2D eigenvalue weighted by molar-refractivity contribution is 5.40. The topological polar surface area (TPSA) is 3.24 Å². The van der Waals surface area contributed by atoms with Crippen LogP contribution < -0.4 is 0 Å². The van der Waals surface area contributed by atoms with E-state index in [0.29, 0.717) is 12.0 Å². The largest absolute Gasteiger partial charge is 0.303 e. The maximum atomic E-state index is 13.5. The molecule has 0 aromatic heterocycles. The van der Waals surface area contributed by atoms with E-state index in [9.17, 15) is 4.39 Å². The lowest BCUT2D eigenvalue weighted by Crippen LogP contribution is -2.56. The number of likely N-dealkylation sites (tertiary alicyclic amines) is 1. The van der Waals surface area contributed by atoms with Crippen molar-refractivity contribution < 1.29 is 4.39 Å². The molecule has 1 nitrogen and oxygen atoms in total. The first-order valence-electron chi connectivity index (χ1n) is 6.51. The van der Waals surface area contributed by atoms with Crippen LogP contribution in [-0.4, -0.2) is 24.5 Å².